The number of amides is 3. The van der Waals surface area contributed by atoms with Crippen molar-refractivity contribution in [1.29, 1.82) is 0 Å². The number of nitrogens with two attached hydrogens (primary N) is 1. The highest BCUT2D eigenvalue weighted by Gasteiger charge is 2.48. The number of benzene rings is 3. The van der Waals surface area contributed by atoms with Crippen molar-refractivity contribution in [2.45, 2.75) is 77.4 Å². The number of amidine groups is 1. The highest BCUT2D eigenvalue weighted by molar-refractivity contribution is 6.02. The van der Waals surface area contributed by atoms with E-state index >= 15 is 0 Å². The molecule has 2 heterocycles. The molecule has 0 saturated carbocycles. The van der Waals surface area contributed by atoms with Crippen LogP contribution < -0.4 is 21.5 Å². The van der Waals surface area contributed by atoms with Gasteiger partial charge in [0, 0.05) is 24.1 Å². The number of carbonyl (C=O) groups is 4. The molecule has 0 aliphatic carbocycles. The standard InChI is InChI=1S/C42H46N6O8/c1-6-21-47(40(53)55-27-30-15-11-8-12-16-30)33-25-45-38-42(5,23-34(49)56-41(2,3)4)22-32(48(38)37(33)51)36(50)44-24-28-17-19-31(20-18-28)35(43)46-39(52)54-26-29-13-9-7-10-14-29/h6-20,25,32H,1,21-24,26-27H2,2-5H3,(H,44,50)(H2,43,46,52)/t32-,42+/m1/s1. The van der Waals surface area contributed by atoms with Crippen LogP contribution in [0.15, 0.2) is 114 Å². The van der Waals surface area contributed by atoms with Crippen LogP contribution in [0.25, 0.3) is 0 Å². The summed E-state index contributed by atoms with van der Waals surface area (Å²) < 4.78 is 17.6. The lowest BCUT2D eigenvalue weighted by molar-refractivity contribution is -0.156. The van der Waals surface area contributed by atoms with Gasteiger partial charge in [0.2, 0.25) is 5.91 Å². The lowest BCUT2D eigenvalue weighted by Gasteiger charge is -2.26. The van der Waals surface area contributed by atoms with Gasteiger partial charge >= 0.3 is 18.2 Å². The van der Waals surface area contributed by atoms with Gasteiger partial charge in [0.15, 0.2) is 0 Å². The molecule has 56 heavy (non-hydrogen) atoms. The molecule has 0 unspecified atom stereocenters. The van der Waals surface area contributed by atoms with E-state index in [1.54, 1.807) is 64.1 Å². The minimum absolute atomic E-state index is 0.0341. The van der Waals surface area contributed by atoms with E-state index in [-0.39, 0.29) is 56.5 Å². The molecule has 0 radical (unpaired) electrons. The Labute approximate surface area is 325 Å². The monoisotopic (exact) mass is 762 g/mol. The number of ether oxygens (including phenoxy) is 3. The van der Waals surface area contributed by atoms with Crippen molar-refractivity contribution in [3.05, 3.63) is 142 Å². The molecule has 3 aromatic carbocycles. The van der Waals surface area contributed by atoms with Crippen LogP contribution in [0.5, 0.6) is 0 Å². The number of rotatable bonds is 13. The van der Waals surface area contributed by atoms with Crippen molar-refractivity contribution in [3.63, 3.8) is 0 Å². The minimum Gasteiger partial charge on any atom is -0.460 e. The Hall–Kier alpha value is -6.57. The summed E-state index contributed by atoms with van der Waals surface area (Å²) in [5.41, 5.74) is 6.16. The van der Waals surface area contributed by atoms with Gasteiger partial charge in [-0.2, -0.15) is 4.99 Å². The second-order valence-corrected chi connectivity index (χ2v) is 14.6. The minimum atomic E-state index is -1.09. The van der Waals surface area contributed by atoms with E-state index in [1.807, 2.05) is 48.5 Å². The van der Waals surface area contributed by atoms with Crippen LogP contribution >= 0.6 is 0 Å². The molecule has 2 atom stereocenters. The van der Waals surface area contributed by atoms with E-state index in [2.05, 4.69) is 21.9 Å². The zero-order chi connectivity index (χ0) is 40.5. The van der Waals surface area contributed by atoms with Gasteiger partial charge in [0.1, 0.15) is 42.2 Å². The number of nitrogens with zero attached hydrogens (tertiary/aromatic N) is 4. The number of esters is 1. The fourth-order valence-corrected chi connectivity index (χ4v) is 6.26. The van der Waals surface area contributed by atoms with Crippen molar-refractivity contribution in [3.8, 4) is 0 Å². The first-order chi connectivity index (χ1) is 26.7. The molecular weight excluding hydrogens is 716 g/mol. The van der Waals surface area contributed by atoms with Crippen molar-refractivity contribution in [2.24, 2.45) is 10.7 Å². The van der Waals surface area contributed by atoms with Crippen LogP contribution in [-0.2, 0) is 49.0 Å². The number of nitrogens with one attached hydrogen (secondary N) is 1. The number of carbonyl (C=O) groups excluding carboxylic acids is 4. The van der Waals surface area contributed by atoms with Gasteiger partial charge in [0.25, 0.3) is 5.56 Å². The maximum absolute atomic E-state index is 14.3. The first-order valence-electron chi connectivity index (χ1n) is 18.0. The number of anilines is 1. The average Bonchev–Trinajstić information content (AvgIpc) is 3.47. The largest absolute Gasteiger partial charge is 0.460 e. The molecule has 0 fully saturated rings. The molecule has 292 valence electrons. The van der Waals surface area contributed by atoms with E-state index in [1.165, 1.54) is 16.8 Å². The Morgan fingerprint density at radius 1 is 0.964 bits per heavy atom. The molecule has 1 aliphatic rings. The van der Waals surface area contributed by atoms with Gasteiger partial charge in [-0.05, 0) is 43.9 Å². The van der Waals surface area contributed by atoms with E-state index in [0.29, 0.717) is 11.1 Å². The fraction of sp³-hybridized carbons (Fsp3) is 0.310. The molecule has 0 bridgehead atoms. The maximum Gasteiger partial charge on any atom is 0.435 e. The Morgan fingerprint density at radius 2 is 1.57 bits per heavy atom. The summed E-state index contributed by atoms with van der Waals surface area (Å²) in [6, 6.07) is 23.9. The van der Waals surface area contributed by atoms with Gasteiger partial charge in [0.05, 0.1) is 12.6 Å². The smallest absolute Gasteiger partial charge is 0.435 e. The summed E-state index contributed by atoms with van der Waals surface area (Å²) in [7, 11) is 0. The number of hydrogen-bond acceptors (Lipinski definition) is 9. The van der Waals surface area contributed by atoms with Crippen molar-refractivity contribution in [1.82, 2.24) is 14.9 Å². The normalized spacial score (nSPS) is 16.3. The Morgan fingerprint density at radius 3 is 2.16 bits per heavy atom. The van der Waals surface area contributed by atoms with Crippen LogP contribution in [0.4, 0.5) is 15.3 Å². The number of fused-ring (bicyclic) bond motifs is 1. The highest BCUT2D eigenvalue weighted by Crippen LogP contribution is 2.42. The SMILES string of the molecule is C=CCN(C(=O)OCc1ccccc1)c1cnc2n(c1=O)[C@@H](C(=O)NCc1ccc(C(N)=NC(=O)OCc3ccccc3)cc1)C[C@@]2(C)CC(=O)OC(C)(C)C. The van der Waals surface area contributed by atoms with E-state index < -0.39 is 46.7 Å². The molecule has 3 amide bonds. The van der Waals surface area contributed by atoms with Crippen molar-refractivity contribution < 1.29 is 33.4 Å². The van der Waals surface area contributed by atoms with Crippen LogP contribution in [0.3, 0.4) is 0 Å². The van der Waals surface area contributed by atoms with E-state index in [4.69, 9.17) is 19.9 Å². The molecular formula is C42H46N6O8. The average molecular weight is 763 g/mol. The van der Waals surface area contributed by atoms with Gasteiger partial charge in [-0.25, -0.2) is 14.6 Å². The van der Waals surface area contributed by atoms with Gasteiger partial charge < -0.3 is 25.3 Å². The third-order valence-electron chi connectivity index (χ3n) is 8.89. The van der Waals surface area contributed by atoms with E-state index in [9.17, 15) is 24.0 Å². The predicted octanol–water partition coefficient (Wildman–Crippen LogP) is 5.87. The molecule has 4 aromatic rings. The summed E-state index contributed by atoms with van der Waals surface area (Å²) in [6.07, 6.45) is 0.967. The maximum atomic E-state index is 14.3. The second-order valence-electron chi connectivity index (χ2n) is 14.6. The molecule has 14 nitrogen and oxygen atoms in total. The molecule has 3 N–H and O–H groups in total. The summed E-state index contributed by atoms with van der Waals surface area (Å²) in [5.74, 6) is -0.859. The fourth-order valence-electron chi connectivity index (χ4n) is 6.26. The lowest BCUT2D eigenvalue weighted by atomic mass is 9.82. The summed E-state index contributed by atoms with van der Waals surface area (Å²) in [4.78, 5) is 76.5. The Kier molecular flexibility index (Phi) is 12.8. The van der Waals surface area contributed by atoms with Gasteiger partial charge in [-0.1, -0.05) is 97.9 Å². The first kappa shape index (κ1) is 40.6. The molecule has 14 heteroatoms. The highest BCUT2D eigenvalue weighted by atomic mass is 16.6. The molecule has 1 aromatic heterocycles. The van der Waals surface area contributed by atoms with Crippen LogP contribution in [0.1, 0.15) is 74.7 Å². The quantitative estimate of drug-likeness (QED) is 0.0550. The number of aromatic nitrogens is 2. The number of aliphatic imine (C=N–C) groups is 1. The van der Waals surface area contributed by atoms with E-state index in [0.717, 1.165) is 16.0 Å². The first-order valence-corrected chi connectivity index (χ1v) is 18.0. The predicted molar refractivity (Wildman–Crippen MR) is 210 cm³/mol. The molecule has 0 saturated heterocycles. The molecule has 1 aliphatic heterocycles. The third-order valence-corrected chi connectivity index (χ3v) is 8.89. The Balaban J connectivity index is 1.34. The molecule has 5 rings (SSSR count). The third kappa shape index (κ3) is 10.3. The summed E-state index contributed by atoms with van der Waals surface area (Å²) in [5, 5.41) is 2.89. The zero-order valence-corrected chi connectivity index (χ0v) is 31.9. The summed E-state index contributed by atoms with van der Waals surface area (Å²) >= 11 is 0. The van der Waals surface area contributed by atoms with Gasteiger partial charge in [-0.15, -0.1) is 6.58 Å². The summed E-state index contributed by atoms with van der Waals surface area (Å²) in [6.45, 7) is 10.7. The van der Waals surface area contributed by atoms with Gasteiger partial charge in [-0.3, -0.25) is 23.9 Å². The zero-order valence-electron chi connectivity index (χ0n) is 31.9. The van der Waals surface area contributed by atoms with Crippen LogP contribution in [-0.4, -0.2) is 51.6 Å². The van der Waals surface area contributed by atoms with Crippen LogP contribution in [0, 0.1) is 0 Å². The lowest BCUT2D eigenvalue weighted by Crippen LogP contribution is -2.41. The number of hydrogen-bond donors (Lipinski definition) is 2. The second kappa shape index (κ2) is 17.7. The molecule has 0 spiro atoms. The Bertz CT molecular complexity index is 2150. The van der Waals surface area contributed by atoms with Crippen molar-refractivity contribution in [2.75, 3.05) is 11.4 Å². The van der Waals surface area contributed by atoms with Crippen LogP contribution in [0.2, 0.25) is 0 Å². The van der Waals surface area contributed by atoms with Crippen molar-refractivity contribution >= 4 is 35.6 Å². The topological polar surface area (TPSA) is 185 Å².